The molecule has 0 radical (unpaired) electrons. The summed E-state index contributed by atoms with van der Waals surface area (Å²) in [5.74, 6) is 1.42. The van der Waals surface area contributed by atoms with Gasteiger partial charge in [-0.05, 0) is 26.2 Å². The van der Waals surface area contributed by atoms with Gasteiger partial charge in [0.2, 0.25) is 11.8 Å². The standard InChI is InChI=1S/C15H23N3O3/c1-10-8-14(20-2)17-15(16-10)18-6-3-4-12(18)11-9-21-7-5-13(11)19/h8,11-13,19H,3-7,9H2,1-2H3/t11-,12+,13-/m0/s1. The van der Waals surface area contributed by atoms with Crippen LogP contribution >= 0.6 is 0 Å². The molecule has 0 bridgehead atoms. The molecule has 1 aromatic rings. The number of rotatable bonds is 3. The van der Waals surface area contributed by atoms with Crippen LogP contribution in [0.3, 0.4) is 0 Å². The number of aliphatic hydroxyl groups excluding tert-OH is 1. The Hall–Kier alpha value is -1.40. The first-order valence-electron chi connectivity index (χ1n) is 7.61. The average Bonchev–Trinajstić information content (AvgIpc) is 2.96. The Kier molecular flexibility index (Phi) is 4.26. The van der Waals surface area contributed by atoms with Crippen molar-refractivity contribution in [2.75, 3.05) is 31.8 Å². The van der Waals surface area contributed by atoms with E-state index in [1.54, 1.807) is 7.11 Å². The normalized spacial score (nSPS) is 29.7. The number of hydrogen-bond donors (Lipinski definition) is 1. The minimum atomic E-state index is -0.295. The van der Waals surface area contributed by atoms with E-state index in [1.165, 1.54) is 0 Å². The van der Waals surface area contributed by atoms with E-state index in [-0.39, 0.29) is 18.1 Å². The maximum atomic E-state index is 10.3. The molecule has 3 atom stereocenters. The molecule has 2 fully saturated rings. The highest BCUT2D eigenvalue weighted by Gasteiger charge is 2.38. The number of aryl methyl sites for hydroxylation is 1. The van der Waals surface area contributed by atoms with Crippen molar-refractivity contribution < 1.29 is 14.6 Å². The van der Waals surface area contributed by atoms with Gasteiger partial charge in [0.1, 0.15) is 0 Å². The maximum Gasteiger partial charge on any atom is 0.229 e. The van der Waals surface area contributed by atoms with Gasteiger partial charge in [0.05, 0.1) is 19.8 Å². The van der Waals surface area contributed by atoms with Crippen LogP contribution in [0.1, 0.15) is 25.0 Å². The third kappa shape index (κ3) is 2.96. The summed E-state index contributed by atoms with van der Waals surface area (Å²) in [6, 6.07) is 2.07. The first-order valence-corrected chi connectivity index (χ1v) is 7.61. The van der Waals surface area contributed by atoms with Gasteiger partial charge in [-0.1, -0.05) is 0 Å². The van der Waals surface area contributed by atoms with Gasteiger partial charge in [-0.3, -0.25) is 0 Å². The lowest BCUT2D eigenvalue weighted by molar-refractivity contribution is -0.0439. The molecule has 2 aliphatic rings. The number of aliphatic hydroxyl groups is 1. The van der Waals surface area contributed by atoms with Crippen molar-refractivity contribution in [1.29, 1.82) is 0 Å². The minimum absolute atomic E-state index is 0.136. The van der Waals surface area contributed by atoms with Crippen molar-refractivity contribution in [3.8, 4) is 5.88 Å². The summed E-state index contributed by atoms with van der Waals surface area (Å²) in [5.41, 5.74) is 0.892. The molecule has 116 valence electrons. The summed E-state index contributed by atoms with van der Waals surface area (Å²) in [5, 5.41) is 10.3. The number of hydrogen-bond acceptors (Lipinski definition) is 6. The van der Waals surface area contributed by atoms with Gasteiger partial charge in [0, 0.05) is 36.9 Å². The second-order valence-electron chi connectivity index (χ2n) is 5.85. The fraction of sp³-hybridized carbons (Fsp3) is 0.733. The topological polar surface area (TPSA) is 67.7 Å². The maximum absolute atomic E-state index is 10.3. The van der Waals surface area contributed by atoms with Gasteiger partial charge in [-0.2, -0.15) is 4.98 Å². The Morgan fingerprint density at radius 3 is 3.00 bits per heavy atom. The summed E-state index contributed by atoms with van der Waals surface area (Å²) < 4.78 is 10.8. The largest absolute Gasteiger partial charge is 0.481 e. The lowest BCUT2D eigenvalue weighted by Gasteiger charge is -2.37. The molecule has 0 amide bonds. The highest BCUT2D eigenvalue weighted by molar-refractivity contribution is 5.37. The zero-order valence-electron chi connectivity index (χ0n) is 12.7. The van der Waals surface area contributed by atoms with E-state index in [2.05, 4.69) is 14.9 Å². The molecular weight excluding hydrogens is 270 g/mol. The molecule has 0 unspecified atom stereocenters. The molecule has 0 saturated carbocycles. The van der Waals surface area contributed by atoms with Crippen molar-refractivity contribution in [2.24, 2.45) is 5.92 Å². The third-order valence-electron chi connectivity index (χ3n) is 4.44. The quantitative estimate of drug-likeness (QED) is 0.902. The molecule has 0 aliphatic carbocycles. The van der Waals surface area contributed by atoms with Crippen LogP contribution in [0.15, 0.2) is 6.07 Å². The summed E-state index contributed by atoms with van der Waals surface area (Å²) in [4.78, 5) is 11.2. The number of aromatic nitrogens is 2. The lowest BCUT2D eigenvalue weighted by atomic mass is 9.89. The Labute approximate surface area is 125 Å². The van der Waals surface area contributed by atoms with Gasteiger partial charge in [-0.15, -0.1) is 0 Å². The summed E-state index contributed by atoms with van der Waals surface area (Å²) in [7, 11) is 1.62. The summed E-state index contributed by atoms with van der Waals surface area (Å²) in [6.07, 6.45) is 2.56. The molecule has 2 saturated heterocycles. The predicted octanol–water partition coefficient (Wildman–Crippen LogP) is 1.16. The zero-order valence-corrected chi connectivity index (χ0v) is 12.7. The van der Waals surface area contributed by atoms with Gasteiger partial charge in [-0.25, -0.2) is 4.98 Å². The molecule has 3 heterocycles. The van der Waals surface area contributed by atoms with Crippen molar-refractivity contribution in [3.05, 3.63) is 11.8 Å². The first-order chi connectivity index (χ1) is 10.2. The van der Waals surface area contributed by atoms with E-state index >= 15 is 0 Å². The van der Waals surface area contributed by atoms with Crippen LogP contribution in [0, 0.1) is 12.8 Å². The lowest BCUT2D eigenvalue weighted by Crippen LogP contribution is -2.46. The molecule has 2 aliphatic heterocycles. The first kappa shape index (κ1) is 14.5. The Morgan fingerprint density at radius 2 is 2.24 bits per heavy atom. The van der Waals surface area contributed by atoms with E-state index < -0.39 is 0 Å². The monoisotopic (exact) mass is 293 g/mol. The number of ether oxygens (including phenoxy) is 2. The van der Waals surface area contributed by atoms with Crippen LogP contribution in [-0.2, 0) is 4.74 Å². The second kappa shape index (κ2) is 6.15. The van der Waals surface area contributed by atoms with Crippen molar-refractivity contribution in [3.63, 3.8) is 0 Å². The van der Waals surface area contributed by atoms with Crippen LogP contribution in [0.2, 0.25) is 0 Å². The van der Waals surface area contributed by atoms with Crippen molar-refractivity contribution >= 4 is 5.95 Å². The van der Waals surface area contributed by atoms with Crippen molar-refractivity contribution in [1.82, 2.24) is 9.97 Å². The highest BCUT2D eigenvalue weighted by atomic mass is 16.5. The van der Waals surface area contributed by atoms with E-state index in [0.717, 1.165) is 25.1 Å². The molecule has 21 heavy (non-hydrogen) atoms. The van der Waals surface area contributed by atoms with Crippen LogP contribution in [-0.4, -0.2) is 54.1 Å². The van der Waals surface area contributed by atoms with Gasteiger partial charge in [0.25, 0.3) is 0 Å². The second-order valence-corrected chi connectivity index (χ2v) is 5.85. The minimum Gasteiger partial charge on any atom is -0.481 e. The molecule has 0 spiro atoms. The van der Waals surface area contributed by atoms with Gasteiger partial charge in [0.15, 0.2) is 0 Å². The van der Waals surface area contributed by atoms with Crippen molar-refractivity contribution in [2.45, 2.75) is 38.3 Å². The Balaban J connectivity index is 1.84. The molecular formula is C15H23N3O3. The molecule has 1 aromatic heterocycles. The number of nitrogens with zero attached hydrogens (tertiary/aromatic N) is 3. The number of anilines is 1. The SMILES string of the molecule is COc1cc(C)nc(N2CCC[C@@H]2[C@@H]2COCC[C@@H]2O)n1. The molecule has 6 nitrogen and oxygen atoms in total. The summed E-state index contributed by atoms with van der Waals surface area (Å²) >= 11 is 0. The van der Waals surface area contributed by atoms with Gasteiger partial charge < -0.3 is 19.5 Å². The van der Waals surface area contributed by atoms with Gasteiger partial charge >= 0.3 is 0 Å². The Bertz CT molecular complexity index is 497. The van der Waals surface area contributed by atoms with Crippen LogP contribution in [0.4, 0.5) is 5.95 Å². The molecule has 3 rings (SSSR count). The number of methoxy groups -OCH3 is 1. The average molecular weight is 293 g/mol. The third-order valence-corrected chi connectivity index (χ3v) is 4.44. The zero-order chi connectivity index (χ0) is 14.8. The predicted molar refractivity (Wildman–Crippen MR) is 78.6 cm³/mol. The molecule has 1 N–H and O–H groups in total. The fourth-order valence-electron chi connectivity index (χ4n) is 3.36. The summed E-state index contributed by atoms with van der Waals surface area (Å²) in [6.45, 7) is 4.13. The van der Waals surface area contributed by atoms with E-state index in [4.69, 9.17) is 9.47 Å². The van der Waals surface area contributed by atoms with Crippen LogP contribution < -0.4 is 9.64 Å². The van der Waals surface area contributed by atoms with E-state index in [1.807, 2.05) is 13.0 Å². The highest BCUT2D eigenvalue weighted by Crippen LogP contribution is 2.32. The van der Waals surface area contributed by atoms with E-state index in [9.17, 15) is 5.11 Å². The van der Waals surface area contributed by atoms with Crippen LogP contribution in [0.5, 0.6) is 5.88 Å². The smallest absolute Gasteiger partial charge is 0.229 e. The van der Waals surface area contributed by atoms with E-state index in [0.29, 0.717) is 31.5 Å². The Morgan fingerprint density at radius 1 is 1.38 bits per heavy atom. The van der Waals surface area contributed by atoms with Crippen LogP contribution in [0.25, 0.3) is 0 Å². The molecule has 0 aromatic carbocycles. The fourth-order valence-corrected chi connectivity index (χ4v) is 3.36. The molecule has 6 heteroatoms.